The predicted molar refractivity (Wildman–Crippen MR) is 97.7 cm³/mol. The average Bonchev–Trinajstić information content (AvgIpc) is 2.56. The normalized spacial score (nSPS) is 21.0. The number of nitrogens with one attached hydrogen (secondary N) is 2. The van der Waals surface area contributed by atoms with Crippen molar-refractivity contribution in [2.75, 3.05) is 13.1 Å². The van der Waals surface area contributed by atoms with Gasteiger partial charge >= 0.3 is 0 Å². The molecule has 0 aliphatic carbocycles. The van der Waals surface area contributed by atoms with Gasteiger partial charge < -0.3 is 20.8 Å². The van der Waals surface area contributed by atoms with Crippen LogP contribution in [0.5, 0.6) is 11.5 Å². The van der Waals surface area contributed by atoms with E-state index in [1.54, 1.807) is 12.1 Å². The van der Waals surface area contributed by atoms with Crippen LogP contribution in [0.15, 0.2) is 24.3 Å². The van der Waals surface area contributed by atoms with Crippen LogP contribution in [0, 0.1) is 0 Å². The molecule has 0 spiro atoms. The van der Waals surface area contributed by atoms with E-state index < -0.39 is 0 Å². The summed E-state index contributed by atoms with van der Waals surface area (Å²) in [6.07, 6.45) is 0. The van der Waals surface area contributed by atoms with Gasteiger partial charge in [0.2, 0.25) is 0 Å². The number of rotatable bonds is 2. The van der Waals surface area contributed by atoms with E-state index in [1.807, 2.05) is 0 Å². The lowest BCUT2D eigenvalue weighted by atomic mass is 9.91. The molecule has 3 rings (SSSR count). The van der Waals surface area contributed by atoms with Crippen molar-refractivity contribution < 1.29 is 10.2 Å². The van der Waals surface area contributed by atoms with Crippen molar-refractivity contribution in [1.82, 2.24) is 10.6 Å². The third kappa shape index (κ3) is 3.15. The summed E-state index contributed by atoms with van der Waals surface area (Å²) in [5.74, 6) is -0.120. The first-order valence-corrected chi connectivity index (χ1v) is 8.73. The summed E-state index contributed by atoms with van der Waals surface area (Å²) >= 11 is 25.2. The van der Waals surface area contributed by atoms with Crippen LogP contribution in [0.1, 0.15) is 23.2 Å². The van der Waals surface area contributed by atoms with Crippen LogP contribution in [0.4, 0.5) is 0 Å². The molecular weight excluding hydrogens is 394 g/mol. The summed E-state index contributed by atoms with van der Waals surface area (Å²) in [5, 5.41) is 27.7. The quantitative estimate of drug-likeness (QED) is 0.583. The number of aromatic hydroxyl groups is 2. The monoisotopic (exact) mass is 406 g/mol. The highest BCUT2D eigenvalue weighted by molar-refractivity contribution is 6.38. The number of benzene rings is 2. The molecule has 0 aromatic heterocycles. The zero-order valence-corrected chi connectivity index (χ0v) is 15.3. The number of halogens is 4. The van der Waals surface area contributed by atoms with E-state index in [-0.39, 0.29) is 33.6 Å². The van der Waals surface area contributed by atoms with Crippen molar-refractivity contribution in [2.45, 2.75) is 12.1 Å². The molecule has 1 heterocycles. The van der Waals surface area contributed by atoms with Gasteiger partial charge in [-0.05, 0) is 24.3 Å². The maximum atomic E-state index is 9.93. The van der Waals surface area contributed by atoms with Crippen LogP contribution in [-0.4, -0.2) is 23.3 Å². The molecule has 4 nitrogen and oxygen atoms in total. The van der Waals surface area contributed by atoms with Crippen molar-refractivity contribution in [3.8, 4) is 11.5 Å². The van der Waals surface area contributed by atoms with E-state index in [0.717, 1.165) is 0 Å². The summed E-state index contributed by atoms with van der Waals surface area (Å²) in [5.41, 5.74) is 1.09. The Morgan fingerprint density at radius 3 is 1.46 bits per heavy atom. The Morgan fingerprint density at radius 2 is 1.08 bits per heavy atom. The smallest absolute Gasteiger partial charge is 0.134 e. The lowest BCUT2D eigenvalue weighted by Crippen LogP contribution is -2.45. The number of piperazine rings is 1. The number of hydrogen-bond acceptors (Lipinski definition) is 4. The Hall–Kier alpha value is -0.880. The van der Waals surface area contributed by atoms with E-state index in [0.29, 0.717) is 34.3 Å². The fraction of sp³-hybridized carbons (Fsp3) is 0.250. The fourth-order valence-electron chi connectivity index (χ4n) is 2.91. The second-order valence-corrected chi connectivity index (χ2v) is 7.02. The summed E-state index contributed by atoms with van der Waals surface area (Å²) in [6, 6.07) is 5.26. The van der Waals surface area contributed by atoms with Crippen LogP contribution < -0.4 is 10.6 Å². The molecular formula is C16H14Cl4N2O2. The van der Waals surface area contributed by atoms with Gasteiger partial charge in [0, 0.05) is 34.3 Å². The molecule has 0 bridgehead atoms. The first kappa shape index (κ1) is 17.9. The Balaban J connectivity index is 2.15. The second kappa shape index (κ2) is 7.16. The molecule has 1 aliphatic rings. The van der Waals surface area contributed by atoms with Crippen LogP contribution in [0.3, 0.4) is 0 Å². The lowest BCUT2D eigenvalue weighted by Gasteiger charge is -2.36. The van der Waals surface area contributed by atoms with Crippen LogP contribution >= 0.6 is 46.4 Å². The Bertz CT molecular complexity index is 720. The van der Waals surface area contributed by atoms with Gasteiger partial charge in [-0.25, -0.2) is 0 Å². The Labute approximate surface area is 159 Å². The van der Waals surface area contributed by atoms with Crippen LogP contribution in [0.2, 0.25) is 20.1 Å². The molecule has 2 aromatic carbocycles. The molecule has 8 heteroatoms. The van der Waals surface area contributed by atoms with Crippen molar-refractivity contribution in [2.24, 2.45) is 0 Å². The molecule has 1 saturated heterocycles. The molecule has 0 saturated carbocycles. The first-order chi connectivity index (χ1) is 11.4. The highest BCUT2D eigenvalue weighted by Gasteiger charge is 2.34. The summed E-state index contributed by atoms with van der Waals surface area (Å²) in [7, 11) is 0. The topological polar surface area (TPSA) is 64.5 Å². The van der Waals surface area contributed by atoms with Gasteiger partial charge in [0.05, 0.1) is 22.1 Å². The molecule has 0 radical (unpaired) electrons. The fourth-order valence-corrected chi connectivity index (χ4v) is 4.13. The van der Waals surface area contributed by atoms with Gasteiger partial charge in [-0.1, -0.05) is 46.4 Å². The van der Waals surface area contributed by atoms with Gasteiger partial charge in [0.25, 0.3) is 0 Å². The number of hydrogen-bond donors (Lipinski definition) is 4. The Kier molecular flexibility index (Phi) is 5.35. The van der Waals surface area contributed by atoms with E-state index in [9.17, 15) is 10.2 Å². The molecule has 1 fully saturated rings. The number of phenolic OH excluding ortho intramolecular Hbond substituents is 2. The second-order valence-electron chi connectivity index (χ2n) is 5.45. The average molecular weight is 408 g/mol. The first-order valence-electron chi connectivity index (χ1n) is 7.22. The molecule has 1 aliphatic heterocycles. The third-order valence-electron chi connectivity index (χ3n) is 4.02. The summed E-state index contributed by atoms with van der Waals surface area (Å²) < 4.78 is 0. The minimum Gasteiger partial charge on any atom is -0.506 e. The van der Waals surface area contributed by atoms with Gasteiger partial charge in [-0.2, -0.15) is 0 Å². The van der Waals surface area contributed by atoms with E-state index in [2.05, 4.69) is 10.6 Å². The summed E-state index contributed by atoms with van der Waals surface area (Å²) in [6.45, 7) is 1.33. The molecule has 2 atom stereocenters. The molecule has 4 N–H and O–H groups in total. The highest BCUT2D eigenvalue weighted by atomic mass is 35.5. The molecule has 0 amide bonds. The van der Waals surface area contributed by atoms with Crippen LogP contribution in [0.25, 0.3) is 0 Å². The number of phenols is 2. The van der Waals surface area contributed by atoms with E-state index >= 15 is 0 Å². The van der Waals surface area contributed by atoms with Gasteiger partial charge in [-0.3, -0.25) is 0 Å². The zero-order chi connectivity index (χ0) is 17.4. The van der Waals surface area contributed by atoms with Crippen molar-refractivity contribution in [1.29, 1.82) is 0 Å². The zero-order valence-electron chi connectivity index (χ0n) is 12.3. The molecule has 24 heavy (non-hydrogen) atoms. The van der Waals surface area contributed by atoms with Crippen molar-refractivity contribution in [3.63, 3.8) is 0 Å². The standard InChI is InChI=1S/C16H14Cl4N2O2/c17-7-1-3-9(23)13(19)11(7)15-16(22-6-5-21-15)12-8(18)2-4-10(24)14(12)20/h1-4,15-16,21-24H,5-6H2/t15-,16+. The predicted octanol–water partition coefficient (Wildman–Crippen LogP) is 4.69. The van der Waals surface area contributed by atoms with Crippen molar-refractivity contribution >= 4 is 46.4 Å². The molecule has 0 unspecified atom stereocenters. The van der Waals surface area contributed by atoms with Crippen LogP contribution in [-0.2, 0) is 0 Å². The Morgan fingerprint density at radius 1 is 0.708 bits per heavy atom. The van der Waals surface area contributed by atoms with Gasteiger partial charge in [0.1, 0.15) is 11.5 Å². The van der Waals surface area contributed by atoms with Crippen molar-refractivity contribution in [3.05, 3.63) is 55.5 Å². The summed E-state index contributed by atoms with van der Waals surface area (Å²) in [4.78, 5) is 0. The highest BCUT2D eigenvalue weighted by Crippen LogP contribution is 2.46. The third-order valence-corrected chi connectivity index (χ3v) is 5.47. The maximum absolute atomic E-state index is 9.93. The van der Waals surface area contributed by atoms with Gasteiger partial charge in [0.15, 0.2) is 0 Å². The SMILES string of the molecule is Oc1ccc(Cl)c([C@H]2NCCN[C@H]2c2c(Cl)ccc(O)c2Cl)c1Cl. The minimum absolute atomic E-state index is 0.0599. The maximum Gasteiger partial charge on any atom is 0.134 e. The molecule has 2 aromatic rings. The largest absolute Gasteiger partial charge is 0.506 e. The van der Waals surface area contributed by atoms with Gasteiger partial charge in [-0.15, -0.1) is 0 Å². The lowest BCUT2D eigenvalue weighted by molar-refractivity contribution is 0.331. The molecule has 128 valence electrons. The minimum atomic E-state index is -0.386. The van der Waals surface area contributed by atoms with E-state index in [4.69, 9.17) is 46.4 Å². The van der Waals surface area contributed by atoms with E-state index in [1.165, 1.54) is 12.1 Å².